The third-order valence-electron chi connectivity index (χ3n) is 2.69. The summed E-state index contributed by atoms with van der Waals surface area (Å²) in [5, 5.41) is 2.20. The van der Waals surface area contributed by atoms with Crippen LogP contribution >= 0.6 is 11.3 Å². The van der Waals surface area contributed by atoms with Crippen LogP contribution < -0.4 is 0 Å². The van der Waals surface area contributed by atoms with E-state index in [4.69, 9.17) is 0 Å². The van der Waals surface area contributed by atoms with Crippen molar-refractivity contribution in [2.24, 2.45) is 0 Å². The van der Waals surface area contributed by atoms with Gasteiger partial charge in [-0.2, -0.15) is 0 Å². The minimum Gasteiger partial charge on any atom is -0.148 e. The molecule has 0 unspecified atom stereocenters. The summed E-state index contributed by atoms with van der Waals surface area (Å²) in [6.07, 6.45) is 2.28. The fraction of sp³-hybridized carbons (Fsp3) is 0.167. The van der Waals surface area contributed by atoms with Gasteiger partial charge in [-0.3, -0.25) is 0 Å². The van der Waals surface area contributed by atoms with Gasteiger partial charge in [0.05, 0.1) is 0 Å². The third-order valence-corrected chi connectivity index (χ3v) is 3.65. The minimum absolute atomic E-state index is 1.13. The lowest BCUT2D eigenvalue weighted by Gasteiger charge is -2.15. The molecule has 0 aliphatic heterocycles. The summed E-state index contributed by atoms with van der Waals surface area (Å²) in [4.78, 5) is 1.55. The highest BCUT2D eigenvalue weighted by molar-refractivity contribution is 7.10. The van der Waals surface area contributed by atoms with E-state index in [2.05, 4.69) is 35.7 Å². The van der Waals surface area contributed by atoms with Gasteiger partial charge in [0.2, 0.25) is 0 Å². The number of benzene rings is 1. The van der Waals surface area contributed by atoms with Crippen LogP contribution in [0.15, 0.2) is 35.7 Å². The van der Waals surface area contributed by atoms with Crippen LogP contribution in [0, 0.1) is 0 Å². The summed E-state index contributed by atoms with van der Waals surface area (Å²) in [5.74, 6) is 0. The van der Waals surface area contributed by atoms with Crippen LogP contribution in [-0.2, 0) is 12.8 Å². The Bertz CT molecular complexity index is 400. The van der Waals surface area contributed by atoms with Crippen molar-refractivity contribution in [1.82, 2.24) is 0 Å². The molecular weight excluding hydrogens is 176 g/mol. The van der Waals surface area contributed by atoms with Gasteiger partial charge in [-0.05, 0) is 34.6 Å². The first-order valence-corrected chi connectivity index (χ1v) is 5.43. The van der Waals surface area contributed by atoms with Crippen molar-refractivity contribution in [1.29, 1.82) is 0 Å². The zero-order valence-electron chi connectivity index (χ0n) is 7.29. The molecule has 0 radical (unpaired) electrons. The predicted octanol–water partition coefficient (Wildman–Crippen LogP) is 3.24. The van der Waals surface area contributed by atoms with Crippen molar-refractivity contribution in [3.05, 3.63) is 57.3 Å². The molecule has 0 nitrogen and oxygen atoms in total. The lowest BCUT2D eigenvalue weighted by atomic mass is 9.91. The van der Waals surface area contributed by atoms with E-state index in [9.17, 15) is 0 Å². The molecule has 0 amide bonds. The summed E-state index contributed by atoms with van der Waals surface area (Å²) in [7, 11) is 0. The Morgan fingerprint density at radius 1 is 0.846 bits per heavy atom. The fourth-order valence-corrected chi connectivity index (χ4v) is 2.89. The second-order valence-electron chi connectivity index (χ2n) is 3.49. The summed E-state index contributed by atoms with van der Waals surface area (Å²) in [6.45, 7) is 0. The number of hydrogen-bond acceptors (Lipinski definition) is 1. The van der Waals surface area contributed by atoms with Crippen LogP contribution in [-0.4, -0.2) is 0 Å². The molecule has 3 rings (SSSR count). The molecule has 0 spiro atoms. The minimum atomic E-state index is 1.13. The second-order valence-corrected chi connectivity index (χ2v) is 4.49. The Morgan fingerprint density at radius 3 is 2.46 bits per heavy atom. The highest BCUT2D eigenvalue weighted by Gasteiger charge is 2.14. The number of hydrogen-bond donors (Lipinski definition) is 0. The van der Waals surface area contributed by atoms with E-state index >= 15 is 0 Å². The third kappa shape index (κ3) is 1.11. The summed E-state index contributed by atoms with van der Waals surface area (Å²) < 4.78 is 0. The Balaban J connectivity index is 2.14. The van der Waals surface area contributed by atoms with E-state index in [0.29, 0.717) is 0 Å². The SMILES string of the molecule is c1ccc2c(c1)Cc1ccsc1C2. The summed E-state index contributed by atoms with van der Waals surface area (Å²) >= 11 is 1.89. The van der Waals surface area contributed by atoms with Gasteiger partial charge in [-0.15, -0.1) is 11.3 Å². The maximum Gasteiger partial charge on any atom is 0.0124 e. The average Bonchev–Trinajstić information content (AvgIpc) is 2.61. The van der Waals surface area contributed by atoms with E-state index in [-0.39, 0.29) is 0 Å². The first kappa shape index (κ1) is 7.34. The molecule has 64 valence electrons. The van der Waals surface area contributed by atoms with Crippen LogP contribution in [0.2, 0.25) is 0 Å². The Morgan fingerprint density at radius 2 is 1.62 bits per heavy atom. The maximum atomic E-state index is 2.26. The van der Waals surface area contributed by atoms with Crippen LogP contribution in [0.5, 0.6) is 0 Å². The maximum absolute atomic E-state index is 2.26. The van der Waals surface area contributed by atoms with Gasteiger partial charge in [0.25, 0.3) is 0 Å². The topological polar surface area (TPSA) is 0 Å². The molecule has 0 saturated heterocycles. The number of thiophene rings is 1. The molecule has 0 N–H and O–H groups in total. The van der Waals surface area contributed by atoms with E-state index in [1.165, 1.54) is 16.7 Å². The largest absolute Gasteiger partial charge is 0.148 e. The summed E-state index contributed by atoms with van der Waals surface area (Å²) in [6, 6.07) is 11.0. The average molecular weight is 186 g/mol. The molecular formula is C12H10S. The zero-order chi connectivity index (χ0) is 8.67. The van der Waals surface area contributed by atoms with Crippen molar-refractivity contribution in [2.45, 2.75) is 12.8 Å². The number of fused-ring (bicyclic) bond motifs is 2. The molecule has 0 fully saturated rings. The van der Waals surface area contributed by atoms with Crippen molar-refractivity contribution in [3.8, 4) is 0 Å². The zero-order valence-corrected chi connectivity index (χ0v) is 8.10. The van der Waals surface area contributed by atoms with Crippen LogP contribution in [0.4, 0.5) is 0 Å². The van der Waals surface area contributed by atoms with Gasteiger partial charge in [0.1, 0.15) is 0 Å². The van der Waals surface area contributed by atoms with Crippen molar-refractivity contribution < 1.29 is 0 Å². The van der Waals surface area contributed by atoms with E-state index < -0.39 is 0 Å². The molecule has 1 heteroatoms. The number of rotatable bonds is 0. The molecule has 0 bridgehead atoms. The Labute approximate surface area is 81.9 Å². The molecule has 2 aromatic rings. The quantitative estimate of drug-likeness (QED) is 0.505. The first-order chi connectivity index (χ1) is 6.43. The highest BCUT2D eigenvalue weighted by Crippen LogP contribution is 2.30. The van der Waals surface area contributed by atoms with Crippen LogP contribution in [0.25, 0.3) is 0 Å². The molecule has 0 atom stereocenters. The Hall–Kier alpha value is -1.08. The molecule has 1 aliphatic carbocycles. The molecule has 13 heavy (non-hydrogen) atoms. The van der Waals surface area contributed by atoms with Crippen molar-refractivity contribution in [3.63, 3.8) is 0 Å². The normalized spacial score (nSPS) is 13.5. The highest BCUT2D eigenvalue weighted by atomic mass is 32.1. The van der Waals surface area contributed by atoms with Gasteiger partial charge < -0.3 is 0 Å². The van der Waals surface area contributed by atoms with E-state index in [1.54, 1.807) is 4.88 Å². The fourth-order valence-electron chi connectivity index (χ4n) is 1.96. The Kier molecular flexibility index (Phi) is 1.53. The summed E-state index contributed by atoms with van der Waals surface area (Å²) in [5.41, 5.74) is 4.55. The van der Waals surface area contributed by atoms with Crippen molar-refractivity contribution >= 4 is 11.3 Å². The van der Waals surface area contributed by atoms with Crippen LogP contribution in [0.1, 0.15) is 21.6 Å². The van der Waals surface area contributed by atoms with Crippen molar-refractivity contribution in [2.75, 3.05) is 0 Å². The monoisotopic (exact) mass is 186 g/mol. The van der Waals surface area contributed by atoms with Gasteiger partial charge in [-0.1, -0.05) is 24.3 Å². The van der Waals surface area contributed by atoms with E-state index in [1.807, 2.05) is 11.3 Å². The standard InChI is InChI=1S/C12H10S/c1-2-4-10-8-12-11(5-6-13-12)7-9(10)3-1/h1-6H,7-8H2. The van der Waals surface area contributed by atoms with Gasteiger partial charge >= 0.3 is 0 Å². The van der Waals surface area contributed by atoms with Gasteiger partial charge in [0, 0.05) is 11.3 Å². The second kappa shape index (κ2) is 2.71. The smallest absolute Gasteiger partial charge is 0.0124 e. The molecule has 1 aliphatic rings. The predicted molar refractivity (Wildman–Crippen MR) is 56.4 cm³/mol. The first-order valence-electron chi connectivity index (χ1n) is 4.55. The van der Waals surface area contributed by atoms with E-state index in [0.717, 1.165) is 12.8 Å². The lowest BCUT2D eigenvalue weighted by molar-refractivity contribution is 1.03. The molecule has 1 aromatic heterocycles. The van der Waals surface area contributed by atoms with Gasteiger partial charge in [0.15, 0.2) is 0 Å². The molecule has 1 heterocycles. The van der Waals surface area contributed by atoms with Gasteiger partial charge in [-0.25, -0.2) is 0 Å². The lowest BCUT2D eigenvalue weighted by Crippen LogP contribution is -2.03. The molecule has 1 aromatic carbocycles. The molecule has 0 saturated carbocycles. The van der Waals surface area contributed by atoms with Crippen LogP contribution in [0.3, 0.4) is 0 Å².